The van der Waals surface area contributed by atoms with Crippen LogP contribution in [0.5, 0.6) is 0 Å². The Morgan fingerprint density at radius 1 is 1.24 bits per heavy atom. The maximum atomic E-state index is 12.0. The van der Waals surface area contributed by atoms with Gasteiger partial charge in [-0.1, -0.05) is 12.1 Å². The molecule has 0 spiro atoms. The second-order valence-electron chi connectivity index (χ2n) is 3.73. The van der Waals surface area contributed by atoms with Crippen molar-refractivity contribution in [3.8, 4) is 10.4 Å². The Morgan fingerprint density at radius 2 is 2.00 bits per heavy atom. The van der Waals surface area contributed by atoms with Gasteiger partial charge in [0.1, 0.15) is 0 Å². The van der Waals surface area contributed by atoms with Crippen LogP contribution in [0.15, 0.2) is 41.3 Å². The van der Waals surface area contributed by atoms with Crippen molar-refractivity contribution in [1.82, 2.24) is 4.31 Å². The summed E-state index contributed by atoms with van der Waals surface area (Å²) in [6.07, 6.45) is 0. The van der Waals surface area contributed by atoms with Crippen molar-refractivity contribution in [1.29, 1.82) is 0 Å². The van der Waals surface area contributed by atoms with Crippen molar-refractivity contribution in [3.05, 3.63) is 41.8 Å². The summed E-state index contributed by atoms with van der Waals surface area (Å²) in [4.78, 5) is 1.33. The first-order valence-corrected chi connectivity index (χ1v) is 7.26. The summed E-state index contributed by atoms with van der Waals surface area (Å²) in [5, 5.41) is 2.99. The van der Waals surface area contributed by atoms with Crippen LogP contribution in [0.3, 0.4) is 0 Å². The van der Waals surface area contributed by atoms with Crippen molar-refractivity contribution < 1.29 is 8.42 Å². The van der Waals surface area contributed by atoms with Gasteiger partial charge in [-0.2, -0.15) is 0 Å². The first-order valence-electron chi connectivity index (χ1n) is 5.00. The van der Waals surface area contributed by atoms with Crippen molar-refractivity contribution in [3.63, 3.8) is 0 Å². The fourth-order valence-corrected chi connectivity index (χ4v) is 3.01. The highest BCUT2D eigenvalue weighted by atomic mass is 32.2. The number of rotatable bonds is 3. The highest BCUT2D eigenvalue weighted by Crippen LogP contribution is 2.26. The molecule has 1 aromatic carbocycles. The molecule has 2 rings (SSSR count). The minimum Gasteiger partial charge on any atom is -0.207 e. The number of benzene rings is 1. The van der Waals surface area contributed by atoms with E-state index in [-0.39, 0.29) is 0 Å². The summed E-state index contributed by atoms with van der Waals surface area (Å²) in [6.45, 7) is 0. The summed E-state index contributed by atoms with van der Waals surface area (Å²) < 4.78 is 25.2. The van der Waals surface area contributed by atoms with Gasteiger partial charge in [0.2, 0.25) is 10.0 Å². The maximum absolute atomic E-state index is 12.0. The minimum atomic E-state index is -3.36. The van der Waals surface area contributed by atoms with Crippen molar-refractivity contribution in [2.75, 3.05) is 14.1 Å². The average molecular weight is 266 g/mol. The van der Waals surface area contributed by atoms with Gasteiger partial charge in [-0.15, -0.1) is 11.3 Å². The van der Waals surface area contributed by atoms with E-state index < -0.39 is 10.0 Å². The third kappa shape index (κ3) is 2.41. The zero-order valence-electron chi connectivity index (χ0n) is 9.54. The highest BCUT2D eigenvalue weighted by molar-refractivity contribution is 7.89. The zero-order valence-corrected chi connectivity index (χ0v) is 11.2. The van der Waals surface area contributed by atoms with Crippen molar-refractivity contribution >= 4 is 21.4 Å². The van der Waals surface area contributed by atoms with Gasteiger partial charge in [-0.05, 0) is 29.8 Å². The van der Waals surface area contributed by atoms with Crippen LogP contribution in [0.25, 0.3) is 10.4 Å². The molecule has 1 aromatic heterocycles. The number of thiophene rings is 1. The molecule has 0 atom stereocenters. The molecular formula is C12H12NO2S2. The number of hydrogen-bond acceptors (Lipinski definition) is 3. The largest absolute Gasteiger partial charge is 0.242 e. The quantitative estimate of drug-likeness (QED) is 0.856. The second-order valence-corrected chi connectivity index (χ2v) is 6.76. The Bertz CT molecular complexity index is 601. The monoisotopic (exact) mass is 266 g/mol. The van der Waals surface area contributed by atoms with Crippen LogP contribution in [-0.2, 0) is 10.0 Å². The molecule has 2 aromatic rings. The summed E-state index contributed by atoms with van der Waals surface area (Å²) in [7, 11) is -0.305. The molecule has 0 unspecified atom stereocenters. The van der Waals surface area contributed by atoms with Crippen LogP contribution in [0.4, 0.5) is 0 Å². The van der Waals surface area contributed by atoms with Crippen LogP contribution in [-0.4, -0.2) is 26.8 Å². The Balaban J connectivity index is 2.50. The van der Waals surface area contributed by atoms with E-state index in [1.165, 1.54) is 29.7 Å². The molecule has 17 heavy (non-hydrogen) atoms. The molecule has 0 aliphatic heterocycles. The summed E-state index contributed by atoms with van der Waals surface area (Å²) in [5.41, 5.74) is 0.902. The van der Waals surface area contributed by atoms with E-state index in [0.29, 0.717) is 4.90 Å². The molecular weight excluding hydrogens is 254 g/mol. The lowest BCUT2D eigenvalue weighted by Crippen LogP contribution is -2.22. The fraction of sp³-hybridized carbons (Fsp3) is 0.167. The van der Waals surface area contributed by atoms with Crippen molar-refractivity contribution in [2.45, 2.75) is 4.90 Å². The van der Waals surface area contributed by atoms with E-state index >= 15 is 0 Å². The van der Waals surface area contributed by atoms with Crippen molar-refractivity contribution in [2.24, 2.45) is 0 Å². The molecule has 0 saturated carbocycles. The molecule has 3 nitrogen and oxygen atoms in total. The number of nitrogens with zero attached hydrogens (tertiary/aromatic N) is 1. The molecule has 0 aliphatic rings. The fourth-order valence-electron chi connectivity index (χ4n) is 1.42. The second kappa shape index (κ2) is 4.60. The Labute approximate surface area is 105 Å². The summed E-state index contributed by atoms with van der Waals surface area (Å²) in [6, 6.07) is 10.7. The predicted molar refractivity (Wildman–Crippen MR) is 69.5 cm³/mol. The van der Waals surface area contributed by atoms with Crippen LogP contribution >= 0.6 is 11.3 Å². The average Bonchev–Trinajstić information content (AvgIpc) is 2.82. The van der Waals surface area contributed by atoms with Gasteiger partial charge in [0.15, 0.2) is 0 Å². The molecule has 0 saturated heterocycles. The van der Waals surface area contributed by atoms with Gasteiger partial charge in [0, 0.05) is 24.4 Å². The van der Waals surface area contributed by atoms with E-state index in [9.17, 15) is 8.42 Å². The molecule has 0 N–H and O–H groups in total. The third-order valence-electron chi connectivity index (χ3n) is 2.37. The normalized spacial score (nSPS) is 11.9. The van der Waals surface area contributed by atoms with Gasteiger partial charge in [0.05, 0.1) is 4.90 Å². The predicted octanol–water partition coefficient (Wildman–Crippen LogP) is 2.47. The van der Waals surface area contributed by atoms with E-state index in [1.54, 1.807) is 18.2 Å². The Kier molecular flexibility index (Phi) is 3.33. The van der Waals surface area contributed by atoms with E-state index in [0.717, 1.165) is 10.4 Å². The lowest BCUT2D eigenvalue weighted by molar-refractivity contribution is 0.521. The zero-order chi connectivity index (χ0) is 12.5. The van der Waals surface area contributed by atoms with Gasteiger partial charge >= 0.3 is 0 Å². The smallest absolute Gasteiger partial charge is 0.207 e. The molecule has 5 heteroatoms. The van der Waals surface area contributed by atoms with Crippen LogP contribution in [0.1, 0.15) is 0 Å². The topological polar surface area (TPSA) is 37.4 Å². The van der Waals surface area contributed by atoms with Crippen LogP contribution < -0.4 is 0 Å². The third-order valence-corrected chi connectivity index (χ3v) is 5.03. The molecule has 1 radical (unpaired) electrons. The lowest BCUT2D eigenvalue weighted by atomic mass is 10.2. The van der Waals surface area contributed by atoms with Crippen LogP contribution in [0.2, 0.25) is 0 Å². The van der Waals surface area contributed by atoms with Crippen LogP contribution in [0, 0.1) is 5.38 Å². The standard InChI is InChI=1S/C12H12NO2S2/c1-13(2)17(14,15)11-6-3-5-10(9-11)12-7-4-8-16-12/h3-7,9H,1-2H3. The summed E-state index contributed by atoms with van der Waals surface area (Å²) in [5.74, 6) is 0. The van der Waals surface area contributed by atoms with Gasteiger partial charge in [0.25, 0.3) is 0 Å². The van der Waals surface area contributed by atoms with Gasteiger partial charge in [-0.3, -0.25) is 0 Å². The highest BCUT2D eigenvalue weighted by Gasteiger charge is 2.17. The molecule has 1 heterocycles. The molecule has 0 bridgehead atoms. The lowest BCUT2D eigenvalue weighted by Gasteiger charge is -2.11. The number of hydrogen-bond donors (Lipinski definition) is 0. The summed E-state index contributed by atoms with van der Waals surface area (Å²) >= 11 is 1.47. The Hall–Kier alpha value is -1.17. The number of sulfonamides is 1. The molecule has 0 amide bonds. The van der Waals surface area contributed by atoms with E-state index in [4.69, 9.17) is 0 Å². The van der Waals surface area contributed by atoms with Gasteiger partial charge in [-0.25, -0.2) is 12.7 Å². The van der Waals surface area contributed by atoms with E-state index in [2.05, 4.69) is 5.38 Å². The first-order chi connectivity index (χ1) is 8.01. The SMILES string of the molecule is CN(C)S(=O)(=O)c1cccc(-c2cc[c]s2)c1. The Morgan fingerprint density at radius 3 is 2.59 bits per heavy atom. The molecule has 0 fully saturated rings. The maximum Gasteiger partial charge on any atom is 0.242 e. The first kappa shape index (κ1) is 12.3. The molecule has 0 aliphatic carbocycles. The molecule has 89 valence electrons. The van der Waals surface area contributed by atoms with Gasteiger partial charge < -0.3 is 0 Å². The van der Waals surface area contributed by atoms with E-state index in [1.807, 2.05) is 18.2 Å². The minimum absolute atomic E-state index is 0.313.